The zero-order valence-corrected chi connectivity index (χ0v) is 16.8. The number of carbonyl (C=O) groups is 1. The number of hydrogen-bond donors (Lipinski definition) is 2. The van der Waals surface area contributed by atoms with Gasteiger partial charge in [-0.3, -0.25) is 14.8 Å². The van der Waals surface area contributed by atoms with Gasteiger partial charge in [-0.1, -0.05) is 0 Å². The number of nitrogens with zero attached hydrogens (tertiary/aromatic N) is 3. The van der Waals surface area contributed by atoms with Gasteiger partial charge in [-0.2, -0.15) is 0 Å². The van der Waals surface area contributed by atoms with Crippen molar-refractivity contribution in [3.05, 3.63) is 126 Å². The molecule has 0 bridgehead atoms. The minimum absolute atomic E-state index is 0.172. The van der Waals surface area contributed by atoms with Gasteiger partial charge in [-0.15, -0.1) is 0 Å². The van der Waals surface area contributed by atoms with Crippen molar-refractivity contribution < 1.29 is 13.6 Å². The standard InChI is InChI=1S/C12H9FN2O.C6H6FN.C6H4N2/c13-9-1-2-11(14)10(7-9)12(16)8-3-5-15-6-4-8;7-5-1-3-6(8)4-2-5;1-7-6-2-4-8-5-3-6/h1-7H,14H2;1-4H,8H2;2-5H. The van der Waals surface area contributed by atoms with Crippen LogP contribution in [0.15, 0.2) is 91.5 Å². The first-order chi connectivity index (χ1) is 15.4. The molecule has 2 heterocycles. The van der Waals surface area contributed by atoms with Gasteiger partial charge in [-0.05, 0) is 66.7 Å². The zero-order valence-electron chi connectivity index (χ0n) is 16.8. The Morgan fingerprint density at radius 2 is 1.31 bits per heavy atom. The Hall–Kier alpha value is -4.64. The van der Waals surface area contributed by atoms with Crippen LogP contribution in [0.5, 0.6) is 0 Å². The van der Waals surface area contributed by atoms with E-state index in [1.807, 2.05) is 0 Å². The molecule has 0 saturated carbocycles. The maximum Gasteiger partial charge on any atom is 0.195 e. The normalized spacial score (nSPS) is 9.28. The monoisotopic (exact) mass is 431 g/mol. The summed E-state index contributed by atoms with van der Waals surface area (Å²) in [6.07, 6.45) is 6.21. The van der Waals surface area contributed by atoms with E-state index < -0.39 is 5.82 Å². The van der Waals surface area contributed by atoms with Gasteiger partial charge in [0.1, 0.15) is 11.6 Å². The molecular formula is C24H19F2N5O. The molecule has 4 aromatic rings. The number of ketones is 1. The summed E-state index contributed by atoms with van der Waals surface area (Å²) < 4.78 is 25.0. The van der Waals surface area contributed by atoms with Crippen molar-refractivity contribution in [2.24, 2.45) is 0 Å². The summed E-state index contributed by atoms with van der Waals surface area (Å²) in [7, 11) is 0. The summed E-state index contributed by atoms with van der Waals surface area (Å²) in [5.41, 5.74) is 13.0. The second-order valence-corrected chi connectivity index (χ2v) is 6.17. The van der Waals surface area contributed by atoms with E-state index in [0.29, 0.717) is 16.9 Å². The predicted molar refractivity (Wildman–Crippen MR) is 120 cm³/mol. The predicted octanol–water partition coefficient (Wildman–Crippen LogP) is 5.07. The molecule has 0 spiro atoms. The molecule has 4 N–H and O–H groups in total. The van der Waals surface area contributed by atoms with Crippen molar-refractivity contribution in [1.82, 2.24) is 9.97 Å². The lowest BCUT2D eigenvalue weighted by Gasteiger charge is -2.04. The summed E-state index contributed by atoms with van der Waals surface area (Å²) in [6.45, 7) is 6.54. The fourth-order valence-electron chi connectivity index (χ4n) is 2.27. The van der Waals surface area contributed by atoms with Crippen molar-refractivity contribution in [2.45, 2.75) is 0 Å². The first-order valence-electron chi connectivity index (χ1n) is 9.19. The fourth-order valence-corrected chi connectivity index (χ4v) is 2.27. The van der Waals surface area contributed by atoms with Gasteiger partial charge in [0.15, 0.2) is 11.5 Å². The van der Waals surface area contributed by atoms with Gasteiger partial charge < -0.3 is 11.5 Å². The first kappa shape index (κ1) is 23.6. The number of carbonyl (C=O) groups excluding carboxylic acids is 1. The number of benzene rings is 2. The van der Waals surface area contributed by atoms with Crippen LogP contribution in [0.1, 0.15) is 15.9 Å². The Morgan fingerprint density at radius 3 is 1.81 bits per heavy atom. The largest absolute Gasteiger partial charge is 0.399 e. The van der Waals surface area contributed by atoms with Crippen LogP contribution in [0.2, 0.25) is 0 Å². The fraction of sp³-hybridized carbons (Fsp3) is 0. The van der Waals surface area contributed by atoms with Gasteiger partial charge in [0, 0.05) is 47.3 Å². The van der Waals surface area contributed by atoms with Crippen molar-refractivity contribution in [3.8, 4) is 0 Å². The molecule has 0 amide bonds. The van der Waals surface area contributed by atoms with Crippen molar-refractivity contribution in [2.75, 3.05) is 11.5 Å². The lowest BCUT2D eigenvalue weighted by atomic mass is 10.0. The number of pyridine rings is 2. The molecule has 0 radical (unpaired) electrons. The molecule has 0 fully saturated rings. The van der Waals surface area contributed by atoms with Crippen LogP contribution in [0.3, 0.4) is 0 Å². The molecule has 0 aliphatic heterocycles. The lowest BCUT2D eigenvalue weighted by molar-refractivity contribution is 0.103. The summed E-state index contributed by atoms with van der Waals surface area (Å²) >= 11 is 0. The second-order valence-electron chi connectivity index (χ2n) is 6.17. The molecule has 0 unspecified atom stereocenters. The molecule has 8 heteroatoms. The Morgan fingerprint density at radius 1 is 0.781 bits per heavy atom. The van der Waals surface area contributed by atoms with Crippen LogP contribution in [-0.2, 0) is 0 Å². The van der Waals surface area contributed by atoms with Crippen LogP contribution in [0.4, 0.5) is 25.8 Å². The van der Waals surface area contributed by atoms with Crippen LogP contribution < -0.4 is 11.5 Å². The Balaban J connectivity index is 0.000000190. The summed E-state index contributed by atoms with van der Waals surface area (Å²) in [4.78, 5) is 22.7. The van der Waals surface area contributed by atoms with Gasteiger partial charge in [0.2, 0.25) is 0 Å². The van der Waals surface area contributed by atoms with Crippen LogP contribution in [-0.4, -0.2) is 15.8 Å². The second kappa shape index (κ2) is 12.1. The maximum atomic E-state index is 13.0. The number of aromatic nitrogens is 2. The first-order valence-corrected chi connectivity index (χ1v) is 9.19. The van der Waals surface area contributed by atoms with E-state index in [4.69, 9.17) is 18.0 Å². The number of nitrogens with two attached hydrogens (primary N) is 2. The minimum atomic E-state index is -0.480. The van der Waals surface area contributed by atoms with E-state index in [1.54, 1.807) is 36.7 Å². The quantitative estimate of drug-likeness (QED) is 0.262. The van der Waals surface area contributed by atoms with Crippen molar-refractivity contribution >= 4 is 22.8 Å². The summed E-state index contributed by atoms with van der Waals surface area (Å²) in [5, 5.41) is 0. The Bertz CT molecular complexity index is 1160. The SMILES string of the molecule is Nc1ccc(F)cc1.Nc1ccc(F)cc1C(=O)c1ccncc1.[C-]#[N+]c1ccncc1. The molecule has 0 atom stereocenters. The molecule has 4 rings (SSSR count). The average molecular weight is 431 g/mol. The summed E-state index contributed by atoms with van der Waals surface area (Å²) in [6, 6.07) is 15.9. The van der Waals surface area contributed by atoms with Crippen LogP contribution in [0, 0.1) is 18.2 Å². The Kier molecular flexibility index (Phi) is 8.97. The number of hydrogen-bond acceptors (Lipinski definition) is 5. The van der Waals surface area contributed by atoms with E-state index in [2.05, 4.69) is 14.8 Å². The van der Waals surface area contributed by atoms with Gasteiger partial charge in [-0.25, -0.2) is 13.6 Å². The average Bonchev–Trinajstić information content (AvgIpc) is 2.84. The summed E-state index contributed by atoms with van der Waals surface area (Å²) in [5.74, 6) is -1.04. The Labute approximate surface area is 184 Å². The number of anilines is 2. The van der Waals surface area contributed by atoms with E-state index >= 15 is 0 Å². The topological polar surface area (TPSA) is 99.2 Å². The lowest BCUT2D eigenvalue weighted by Crippen LogP contribution is -2.05. The molecular weight excluding hydrogens is 412 g/mol. The van der Waals surface area contributed by atoms with Gasteiger partial charge >= 0.3 is 0 Å². The highest BCUT2D eigenvalue weighted by molar-refractivity contribution is 6.11. The number of nitrogen functional groups attached to an aromatic ring is 2. The van der Waals surface area contributed by atoms with E-state index in [9.17, 15) is 13.6 Å². The highest BCUT2D eigenvalue weighted by Crippen LogP contribution is 2.17. The molecule has 2 aromatic carbocycles. The zero-order chi connectivity index (χ0) is 23.3. The highest BCUT2D eigenvalue weighted by Gasteiger charge is 2.12. The van der Waals surface area contributed by atoms with Crippen molar-refractivity contribution in [1.29, 1.82) is 0 Å². The minimum Gasteiger partial charge on any atom is -0.399 e. The third-order valence-electron chi connectivity index (χ3n) is 3.86. The highest BCUT2D eigenvalue weighted by atomic mass is 19.1. The smallest absolute Gasteiger partial charge is 0.195 e. The number of rotatable bonds is 2. The molecule has 0 saturated heterocycles. The molecule has 2 aromatic heterocycles. The van der Waals surface area contributed by atoms with E-state index in [1.165, 1.54) is 48.8 Å². The van der Waals surface area contributed by atoms with Crippen molar-refractivity contribution in [3.63, 3.8) is 0 Å². The number of halogens is 2. The molecule has 0 aliphatic carbocycles. The van der Waals surface area contributed by atoms with Gasteiger partial charge in [0.05, 0.1) is 6.57 Å². The van der Waals surface area contributed by atoms with E-state index in [0.717, 1.165) is 6.07 Å². The molecule has 160 valence electrons. The molecule has 0 aliphatic rings. The van der Waals surface area contributed by atoms with Crippen LogP contribution in [0.25, 0.3) is 4.85 Å². The van der Waals surface area contributed by atoms with E-state index in [-0.39, 0.29) is 22.9 Å². The molecule has 32 heavy (non-hydrogen) atoms. The third-order valence-corrected chi connectivity index (χ3v) is 3.86. The van der Waals surface area contributed by atoms with Gasteiger partial charge in [0.25, 0.3) is 0 Å². The maximum absolute atomic E-state index is 13.0. The third kappa shape index (κ3) is 7.65. The molecule has 6 nitrogen and oxygen atoms in total. The van der Waals surface area contributed by atoms with Crippen LogP contribution >= 0.6 is 0 Å².